The van der Waals surface area contributed by atoms with E-state index in [0.717, 1.165) is 43.1 Å². The zero-order valence-electron chi connectivity index (χ0n) is 16.5. The monoisotopic (exact) mass is 414 g/mol. The Labute approximate surface area is 176 Å². The number of anilines is 1. The van der Waals surface area contributed by atoms with Crippen LogP contribution in [0.25, 0.3) is 0 Å². The summed E-state index contributed by atoms with van der Waals surface area (Å²) < 4.78 is 16.8. The van der Waals surface area contributed by atoms with E-state index in [1.54, 1.807) is 24.3 Å². The third-order valence-electron chi connectivity index (χ3n) is 4.39. The van der Waals surface area contributed by atoms with Crippen molar-refractivity contribution in [3.63, 3.8) is 0 Å². The number of amides is 1. The topological polar surface area (TPSA) is 68.8 Å². The number of rotatable bonds is 8. The van der Waals surface area contributed by atoms with Crippen molar-refractivity contribution >= 4 is 28.9 Å². The summed E-state index contributed by atoms with van der Waals surface area (Å²) in [6, 6.07) is 14.4. The molecule has 2 N–H and O–H groups in total. The third-order valence-corrected chi connectivity index (χ3v) is 4.59. The van der Waals surface area contributed by atoms with Gasteiger partial charge in [0, 0.05) is 17.9 Å². The summed E-state index contributed by atoms with van der Waals surface area (Å²) in [5.74, 6) is 1.23. The largest absolute Gasteiger partial charge is 0.494 e. The molecule has 29 heavy (non-hydrogen) atoms. The molecule has 0 radical (unpaired) electrons. The van der Waals surface area contributed by atoms with Gasteiger partial charge in [0.05, 0.1) is 12.7 Å². The zero-order chi connectivity index (χ0) is 20.5. The number of ether oxygens (including phenoxy) is 3. The van der Waals surface area contributed by atoms with Crippen molar-refractivity contribution in [1.29, 1.82) is 0 Å². The smallest absolute Gasteiger partial charge is 0.257 e. The van der Waals surface area contributed by atoms with Crippen molar-refractivity contribution in [3.05, 3.63) is 54.1 Å². The van der Waals surface area contributed by atoms with Gasteiger partial charge in [0.2, 0.25) is 0 Å². The van der Waals surface area contributed by atoms with Crippen LogP contribution in [0.5, 0.6) is 11.5 Å². The van der Waals surface area contributed by atoms with Gasteiger partial charge in [0.15, 0.2) is 5.11 Å². The summed E-state index contributed by atoms with van der Waals surface area (Å²) in [6.45, 7) is 4.07. The minimum absolute atomic E-state index is 0.183. The first-order valence-corrected chi connectivity index (χ1v) is 10.2. The molecular weight excluding hydrogens is 388 g/mol. The van der Waals surface area contributed by atoms with Gasteiger partial charge in [-0.05, 0) is 80.0 Å². The third kappa shape index (κ3) is 6.73. The number of hydrogen-bond donors (Lipinski definition) is 2. The van der Waals surface area contributed by atoms with Crippen LogP contribution in [-0.2, 0) is 4.74 Å². The van der Waals surface area contributed by atoms with E-state index in [-0.39, 0.29) is 17.1 Å². The van der Waals surface area contributed by atoms with Crippen molar-refractivity contribution in [1.82, 2.24) is 5.32 Å². The molecule has 3 rings (SSSR count). The lowest BCUT2D eigenvalue weighted by Crippen LogP contribution is -2.34. The Hall–Kier alpha value is -2.64. The number of nitrogens with one attached hydrogen (secondary N) is 2. The van der Waals surface area contributed by atoms with Gasteiger partial charge in [0.25, 0.3) is 5.91 Å². The maximum atomic E-state index is 12.3. The van der Waals surface area contributed by atoms with Gasteiger partial charge >= 0.3 is 0 Å². The van der Waals surface area contributed by atoms with Gasteiger partial charge < -0.3 is 19.5 Å². The van der Waals surface area contributed by atoms with Gasteiger partial charge in [-0.1, -0.05) is 6.92 Å². The van der Waals surface area contributed by atoms with Crippen LogP contribution in [0.3, 0.4) is 0 Å². The van der Waals surface area contributed by atoms with E-state index in [2.05, 4.69) is 10.6 Å². The van der Waals surface area contributed by atoms with E-state index in [4.69, 9.17) is 26.4 Å². The minimum atomic E-state index is -0.277. The Bertz CT molecular complexity index is 803. The zero-order valence-corrected chi connectivity index (χ0v) is 17.3. The molecule has 1 atom stereocenters. The van der Waals surface area contributed by atoms with Crippen LogP contribution in [0, 0.1) is 0 Å². The molecule has 2 aromatic rings. The fourth-order valence-electron chi connectivity index (χ4n) is 2.86. The van der Waals surface area contributed by atoms with Crippen molar-refractivity contribution in [2.75, 3.05) is 25.1 Å². The Morgan fingerprint density at radius 1 is 1.10 bits per heavy atom. The molecular formula is C22H26N2O4S. The number of hydrogen-bond acceptors (Lipinski definition) is 5. The van der Waals surface area contributed by atoms with Crippen molar-refractivity contribution < 1.29 is 19.0 Å². The van der Waals surface area contributed by atoms with Crippen LogP contribution in [0.4, 0.5) is 5.69 Å². The minimum Gasteiger partial charge on any atom is -0.494 e. The van der Waals surface area contributed by atoms with Gasteiger partial charge in [-0.25, -0.2) is 0 Å². The second-order valence-electron chi connectivity index (χ2n) is 6.75. The summed E-state index contributed by atoms with van der Waals surface area (Å²) in [7, 11) is 0. The van der Waals surface area contributed by atoms with E-state index in [9.17, 15) is 4.79 Å². The molecule has 6 nitrogen and oxygen atoms in total. The average molecular weight is 415 g/mol. The van der Waals surface area contributed by atoms with E-state index >= 15 is 0 Å². The molecule has 0 aliphatic carbocycles. The SMILES string of the molecule is CCCOc1ccc(C(=O)NC(=S)Nc2ccc(OCC3CCCO3)cc2)cc1. The fraction of sp³-hybridized carbons (Fsp3) is 0.364. The number of carbonyl (C=O) groups is 1. The summed E-state index contributed by atoms with van der Waals surface area (Å²) in [5.41, 5.74) is 1.28. The first-order valence-electron chi connectivity index (χ1n) is 9.83. The molecule has 1 fully saturated rings. The van der Waals surface area contributed by atoms with Crippen LogP contribution in [-0.4, -0.2) is 36.9 Å². The highest BCUT2D eigenvalue weighted by Crippen LogP contribution is 2.18. The molecule has 1 aliphatic heterocycles. The number of carbonyl (C=O) groups excluding carboxylic acids is 1. The normalized spacial score (nSPS) is 15.6. The fourth-order valence-corrected chi connectivity index (χ4v) is 3.07. The number of thiocarbonyl (C=S) groups is 1. The van der Waals surface area contributed by atoms with Gasteiger partial charge in [0.1, 0.15) is 18.1 Å². The Balaban J connectivity index is 1.45. The highest BCUT2D eigenvalue weighted by molar-refractivity contribution is 7.80. The Morgan fingerprint density at radius 3 is 2.45 bits per heavy atom. The Kier molecular flexibility index (Phi) is 7.84. The van der Waals surface area contributed by atoms with Gasteiger partial charge in [-0.3, -0.25) is 10.1 Å². The molecule has 1 saturated heterocycles. The predicted molar refractivity (Wildman–Crippen MR) is 117 cm³/mol. The highest BCUT2D eigenvalue weighted by atomic mass is 32.1. The van der Waals surface area contributed by atoms with Crippen LogP contribution in [0.1, 0.15) is 36.5 Å². The molecule has 2 aromatic carbocycles. The molecule has 1 aliphatic rings. The first-order chi connectivity index (χ1) is 14.1. The maximum absolute atomic E-state index is 12.3. The van der Waals surface area contributed by atoms with E-state index in [1.165, 1.54) is 0 Å². The lowest BCUT2D eigenvalue weighted by Gasteiger charge is -2.13. The molecule has 0 spiro atoms. The van der Waals surface area contributed by atoms with E-state index in [0.29, 0.717) is 18.8 Å². The lowest BCUT2D eigenvalue weighted by molar-refractivity contribution is 0.0679. The van der Waals surface area contributed by atoms with Crippen molar-refractivity contribution in [3.8, 4) is 11.5 Å². The molecule has 1 heterocycles. The summed E-state index contributed by atoms with van der Waals surface area (Å²) >= 11 is 5.24. The predicted octanol–water partition coefficient (Wildman–Crippen LogP) is 4.16. The average Bonchev–Trinajstić information content (AvgIpc) is 3.25. The van der Waals surface area contributed by atoms with E-state index < -0.39 is 0 Å². The van der Waals surface area contributed by atoms with Crippen molar-refractivity contribution in [2.24, 2.45) is 0 Å². The van der Waals surface area contributed by atoms with Gasteiger partial charge in [-0.2, -0.15) is 0 Å². The molecule has 1 amide bonds. The molecule has 7 heteroatoms. The second kappa shape index (κ2) is 10.8. The number of benzene rings is 2. The summed E-state index contributed by atoms with van der Waals surface area (Å²) in [6.07, 6.45) is 3.26. The Morgan fingerprint density at radius 2 is 1.79 bits per heavy atom. The lowest BCUT2D eigenvalue weighted by atomic mass is 10.2. The standard InChI is InChI=1S/C22H26N2O4S/c1-2-13-26-18-9-5-16(6-10-18)21(25)24-22(29)23-17-7-11-19(12-8-17)28-15-20-4-3-14-27-20/h5-12,20H,2-4,13-15H2,1H3,(H2,23,24,25,29). The molecule has 154 valence electrons. The molecule has 0 saturated carbocycles. The first kappa shape index (κ1) is 21.1. The van der Waals surface area contributed by atoms with Crippen LogP contribution in [0.2, 0.25) is 0 Å². The highest BCUT2D eigenvalue weighted by Gasteiger charge is 2.16. The quantitative estimate of drug-likeness (QED) is 0.632. The van der Waals surface area contributed by atoms with Crippen LogP contribution in [0.15, 0.2) is 48.5 Å². The molecule has 1 unspecified atom stereocenters. The molecule has 0 aromatic heterocycles. The van der Waals surface area contributed by atoms with Crippen LogP contribution < -0.4 is 20.1 Å². The summed E-state index contributed by atoms with van der Waals surface area (Å²) in [5, 5.41) is 5.91. The maximum Gasteiger partial charge on any atom is 0.257 e. The van der Waals surface area contributed by atoms with E-state index in [1.807, 2.05) is 31.2 Å². The van der Waals surface area contributed by atoms with Crippen molar-refractivity contribution in [2.45, 2.75) is 32.3 Å². The van der Waals surface area contributed by atoms with Gasteiger partial charge in [-0.15, -0.1) is 0 Å². The van der Waals surface area contributed by atoms with Crippen LogP contribution >= 0.6 is 12.2 Å². The summed E-state index contributed by atoms with van der Waals surface area (Å²) in [4.78, 5) is 12.3. The molecule has 0 bridgehead atoms. The second-order valence-corrected chi connectivity index (χ2v) is 7.16.